The zero-order chi connectivity index (χ0) is 13.8. The van der Waals surface area contributed by atoms with Crippen LogP contribution in [0, 0.1) is 5.92 Å². The maximum absolute atomic E-state index is 12.2. The van der Waals surface area contributed by atoms with Gasteiger partial charge in [-0.05, 0) is 55.4 Å². The number of hydrogen-bond donors (Lipinski definition) is 2. The molecule has 1 unspecified atom stereocenters. The molecule has 0 bridgehead atoms. The molecule has 3 N–H and O–H groups in total. The minimum absolute atomic E-state index is 0. The van der Waals surface area contributed by atoms with Crippen molar-refractivity contribution in [2.45, 2.75) is 52.0 Å². The van der Waals surface area contributed by atoms with Crippen molar-refractivity contribution in [2.24, 2.45) is 5.92 Å². The molecule has 1 aliphatic rings. The van der Waals surface area contributed by atoms with E-state index in [0.29, 0.717) is 0 Å². The van der Waals surface area contributed by atoms with Gasteiger partial charge < -0.3 is 11.1 Å². The number of benzene rings is 1. The van der Waals surface area contributed by atoms with Gasteiger partial charge in [0, 0.05) is 11.6 Å². The van der Waals surface area contributed by atoms with Crippen LogP contribution in [0.2, 0.25) is 0 Å². The van der Waals surface area contributed by atoms with E-state index in [1.165, 1.54) is 11.1 Å². The number of fused-ring (bicyclic) bond motifs is 1. The monoisotopic (exact) mass is 296 g/mol. The van der Waals surface area contributed by atoms with Gasteiger partial charge in [-0.15, -0.1) is 12.4 Å². The molecule has 0 fully saturated rings. The van der Waals surface area contributed by atoms with Gasteiger partial charge in [0.05, 0.1) is 6.04 Å². The summed E-state index contributed by atoms with van der Waals surface area (Å²) in [6.45, 7) is 4.15. The fourth-order valence-electron chi connectivity index (χ4n) is 2.93. The fourth-order valence-corrected chi connectivity index (χ4v) is 2.93. The van der Waals surface area contributed by atoms with Crippen LogP contribution in [0.3, 0.4) is 0 Å². The van der Waals surface area contributed by atoms with Crippen LogP contribution in [0.1, 0.15) is 56.7 Å². The van der Waals surface area contributed by atoms with Crippen molar-refractivity contribution in [1.29, 1.82) is 0 Å². The Labute approximate surface area is 127 Å². The highest BCUT2D eigenvalue weighted by Gasteiger charge is 2.24. The number of carbonyl (C=O) groups excluding carboxylic acids is 1. The van der Waals surface area contributed by atoms with Crippen molar-refractivity contribution < 1.29 is 4.79 Å². The quantitative estimate of drug-likeness (QED) is 0.834. The molecule has 0 heterocycles. The van der Waals surface area contributed by atoms with E-state index >= 15 is 0 Å². The van der Waals surface area contributed by atoms with Crippen LogP contribution in [0.25, 0.3) is 0 Å². The number of anilines is 1. The fraction of sp³-hybridized carbons (Fsp3) is 0.562. The number of carbonyl (C=O) groups is 1. The Morgan fingerprint density at radius 3 is 2.75 bits per heavy atom. The first-order valence-electron chi connectivity index (χ1n) is 7.34. The van der Waals surface area contributed by atoms with Gasteiger partial charge in [-0.1, -0.05) is 19.9 Å². The van der Waals surface area contributed by atoms with Crippen molar-refractivity contribution >= 4 is 24.0 Å². The van der Waals surface area contributed by atoms with Gasteiger partial charge in [0.1, 0.15) is 0 Å². The SMILES string of the molecule is CCC(CC)C(=O)NC1CCCc2cc(N)ccc21.Cl. The van der Waals surface area contributed by atoms with Gasteiger partial charge in [0.2, 0.25) is 5.91 Å². The summed E-state index contributed by atoms with van der Waals surface area (Å²) in [4.78, 5) is 12.2. The predicted molar refractivity (Wildman–Crippen MR) is 86.0 cm³/mol. The Bertz CT molecular complexity index is 458. The summed E-state index contributed by atoms with van der Waals surface area (Å²) < 4.78 is 0. The predicted octanol–water partition coefficient (Wildman–Crippen LogP) is 3.62. The largest absolute Gasteiger partial charge is 0.399 e. The lowest BCUT2D eigenvalue weighted by Crippen LogP contribution is -2.35. The number of aryl methyl sites for hydroxylation is 1. The highest BCUT2D eigenvalue weighted by atomic mass is 35.5. The zero-order valence-corrected chi connectivity index (χ0v) is 13.1. The van der Waals surface area contributed by atoms with Crippen LogP contribution in [0.4, 0.5) is 5.69 Å². The van der Waals surface area contributed by atoms with Crippen LogP contribution in [-0.2, 0) is 11.2 Å². The number of nitrogens with one attached hydrogen (secondary N) is 1. The molecule has 112 valence electrons. The van der Waals surface area contributed by atoms with Crippen LogP contribution in [0.5, 0.6) is 0 Å². The molecule has 1 amide bonds. The lowest BCUT2D eigenvalue weighted by Gasteiger charge is -2.28. The molecule has 0 radical (unpaired) electrons. The van der Waals surface area contributed by atoms with Gasteiger partial charge in [0.25, 0.3) is 0 Å². The molecule has 0 aliphatic heterocycles. The van der Waals surface area contributed by atoms with E-state index < -0.39 is 0 Å². The molecule has 3 nitrogen and oxygen atoms in total. The van der Waals surface area contributed by atoms with Crippen molar-refractivity contribution in [3.8, 4) is 0 Å². The normalized spacial score (nSPS) is 17.2. The molecular weight excluding hydrogens is 272 g/mol. The summed E-state index contributed by atoms with van der Waals surface area (Å²) in [5.41, 5.74) is 9.19. The van der Waals surface area contributed by atoms with Gasteiger partial charge in [-0.25, -0.2) is 0 Å². The average Bonchev–Trinajstić information content (AvgIpc) is 2.40. The first-order valence-corrected chi connectivity index (χ1v) is 7.34. The lowest BCUT2D eigenvalue weighted by atomic mass is 9.87. The first kappa shape index (κ1) is 16.8. The molecule has 1 aromatic rings. The number of hydrogen-bond acceptors (Lipinski definition) is 2. The molecule has 4 heteroatoms. The number of amides is 1. The maximum atomic E-state index is 12.2. The molecule has 0 saturated heterocycles. The lowest BCUT2D eigenvalue weighted by molar-refractivity contribution is -0.126. The van der Waals surface area contributed by atoms with Crippen LogP contribution in [0.15, 0.2) is 18.2 Å². The van der Waals surface area contributed by atoms with Gasteiger partial charge >= 0.3 is 0 Å². The molecule has 0 aromatic heterocycles. The molecule has 20 heavy (non-hydrogen) atoms. The second-order valence-electron chi connectivity index (χ2n) is 5.43. The second kappa shape index (κ2) is 7.53. The van der Waals surface area contributed by atoms with Crippen molar-refractivity contribution in [2.75, 3.05) is 5.73 Å². The minimum atomic E-state index is 0. The summed E-state index contributed by atoms with van der Waals surface area (Å²) in [6, 6.07) is 6.21. The average molecular weight is 297 g/mol. The molecule has 1 atom stereocenters. The Morgan fingerprint density at radius 1 is 1.40 bits per heavy atom. The number of halogens is 1. The van der Waals surface area contributed by atoms with Crippen LogP contribution in [-0.4, -0.2) is 5.91 Å². The Hall–Kier alpha value is -1.22. The van der Waals surface area contributed by atoms with E-state index in [1.54, 1.807) is 0 Å². The van der Waals surface area contributed by atoms with Crippen molar-refractivity contribution in [3.05, 3.63) is 29.3 Å². The second-order valence-corrected chi connectivity index (χ2v) is 5.43. The third-order valence-electron chi connectivity index (χ3n) is 4.15. The van der Waals surface area contributed by atoms with Crippen LogP contribution < -0.4 is 11.1 Å². The Balaban J connectivity index is 0.00000200. The van der Waals surface area contributed by atoms with Crippen LogP contribution >= 0.6 is 12.4 Å². The summed E-state index contributed by atoms with van der Waals surface area (Å²) >= 11 is 0. The molecule has 2 rings (SSSR count). The summed E-state index contributed by atoms with van der Waals surface area (Å²) in [6.07, 6.45) is 5.03. The van der Waals surface area contributed by atoms with Gasteiger partial charge in [-0.2, -0.15) is 0 Å². The van der Waals surface area contributed by atoms with E-state index in [4.69, 9.17) is 5.73 Å². The van der Waals surface area contributed by atoms with E-state index in [-0.39, 0.29) is 30.3 Å². The number of nitrogen functional groups attached to an aromatic ring is 1. The maximum Gasteiger partial charge on any atom is 0.223 e. The number of rotatable bonds is 4. The molecule has 1 aliphatic carbocycles. The van der Waals surface area contributed by atoms with E-state index in [9.17, 15) is 4.79 Å². The van der Waals surface area contributed by atoms with Gasteiger partial charge in [0.15, 0.2) is 0 Å². The molecule has 0 spiro atoms. The number of nitrogens with two attached hydrogens (primary N) is 1. The molecule has 0 saturated carbocycles. The van der Waals surface area contributed by atoms with E-state index in [0.717, 1.165) is 37.8 Å². The van der Waals surface area contributed by atoms with Crippen molar-refractivity contribution in [1.82, 2.24) is 5.32 Å². The summed E-state index contributed by atoms with van der Waals surface area (Å²) in [7, 11) is 0. The third kappa shape index (κ3) is 3.66. The van der Waals surface area contributed by atoms with E-state index in [2.05, 4.69) is 25.2 Å². The Morgan fingerprint density at radius 2 is 2.10 bits per heavy atom. The smallest absolute Gasteiger partial charge is 0.223 e. The summed E-state index contributed by atoms with van der Waals surface area (Å²) in [5, 5.41) is 3.22. The highest BCUT2D eigenvalue weighted by molar-refractivity contribution is 5.85. The third-order valence-corrected chi connectivity index (χ3v) is 4.15. The topological polar surface area (TPSA) is 55.1 Å². The van der Waals surface area contributed by atoms with Gasteiger partial charge in [-0.3, -0.25) is 4.79 Å². The standard InChI is InChI=1S/C16H24N2O.ClH/c1-3-11(4-2)16(19)18-15-7-5-6-12-10-13(17)8-9-14(12)15;/h8-11,15H,3-7,17H2,1-2H3,(H,18,19);1H. The first-order chi connectivity index (χ1) is 9.15. The highest BCUT2D eigenvalue weighted by Crippen LogP contribution is 2.31. The summed E-state index contributed by atoms with van der Waals surface area (Å²) in [5.74, 6) is 0.332. The molecular formula is C16H25ClN2O. The minimum Gasteiger partial charge on any atom is -0.399 e. The van der Waals surface area contributed by atoms with E-state index in [1.807, 2.05) is 12.1 Å². The molecule has 1 aromatic carbocycles. The zero-order valence-electron chi connectivity index (χ0n) is 12.3. The van der Waals surface area contributed by atoms with Crippen molar-refractivity contribution in [3.63, 3.8) is 0 Å². The Kier molecular flexibility index (Phi) is 6.34.